The Bertz CT molecular complexity index is 597. The van der Waals surface area contributed by atoms with Crippen LogP contribution in [0.25, 0.3) is 0 Å². The van der Waals surface area contributed by atoms with Crippen LogP contribution >= 0.6 is 7.82 Å². The molecule has 0 aliphatic carbocycles. The van der Waals surface area contributed by atoms with E-state index in [2.05, 4.69) is 4.52 Å². The number of phosphoric acid groups is 1. The van der Waals surface area contributed by atoms with Crippen LogP contribution in [0.4, 0.5) is 0 Å². The van der Waals surface area contributed by atoms with E-state index in [1.807, 2.05) is 0 Å². The summed E-state index contributed by atoms with van der Waals surface area (Å²) in [6.07, 6.45) is 0.514. The quantitative estimate of drug-likeness (QED) is 0.523. The smallest absolute Gasteiger partial charge is 0.303 e. The first-order valence-corrected chi connectivity index (χ1v) is 11.0. The third-order valence-electron chi connectivity index (χ3n) is 1.59. The second-order valence-corrected chi connectivity index (χ2v) is 11.7. The highest BCUT2D eigenvalue weighted by Crippen LogP contribution is 2.47. The number of sulfone groups is 3. The molecule has 110 valence electrons. The average Bonchev–Trinajstić information content (AvgIpc) is 1.90. The van der Waals surface area contributed by atoms with Gasteiger partial charge in [0.2, 0.25) is 29.5 Å². The van der Waals surface area contributed by atoms with Crippen molar-refractivity contribution in [1.29, 1.82) is 0 Å². The molecule has 18 heavy (non-hydrogen) atoms. The fourth-order valence-corrected chi connectivity index (χ4v) is 10.6. The monoisotopic (exact) mass is 346 g/mol. The van der Waals surface area contributed by atoms with Gasteiger partial charge in [0.15, 0.2) is 0 Å². The van der Waals surface area contributed by atoms with Crippen LogP contribution < -0.4 is 0 Å². The van der Waals surface area contributed by atoms with Gasteiger partial charge in [-0.2, -0.15) is 0 Å². The average molecular weight is 346 g/mol. The van der Waals surface area contributed by atoms with Crippen LogP contribution in [0.1, 0.15) is 0 Å². The molecule has 10 nitrogen and oxygen atoms in total. The van der Waals surface area contributed by atoms with Gasteiger partial charge in [0.05, 0.1) is 0 Å². The second-order valence-electron chi connectivity index (χ2n) is 3.40. The Balaban J connectivity index is 6.80. The standard InChI is InChI=1S/C4H11O10PS3/c1-16(8,9)4(17(2,10)11,18(3,12)13)14-15(5,6)7/h1-3H3,(H2,5,6,7). The van der Waals surface area contributed by atoms with Crippen molar-refractivity contribution in [2.45, 2.75) is 3.60 Å². The van der Waals surface area contributed by atoms with Gasteiger partial charge in [0.25, 0.3) is 0 Å². The van der Waals surface area contributed by atoms with E-state index in [-0.39, 0.29) is 18.8 Å². The van der Waals surface area contributed by atoms with E-state index in [4.69, 9.17) is 9.79 Å². The van der Waals surface area contributed by atoms with Gasteiger partial charge in [-0.3, -0.25) is 0 Å². The highest BCUT2D eigenvalue weighted by Gasteiger charge is 2.64. The molecule has 0 rings (SSSR count). The first-order valence-electron chi connectivity index (χ1n) is 3.81. The number of hydrogen-bond acceptors (Lipinski definition) is 8. The zero-order valence-electron chi connectivity index (χ0n) is 9.33. The van der Waals surface area contributed by atoms with Crippen molar-refractivity contribution < 1.29 is 44.1 Å². The summed E-state index contributed by atoms with van der Waals surface area (Å²) in [7, 11) is -20.9. The summed E-state index contributed by atoms with van der Waals surface area (Å²) in [6, 6.07) is 0. The Morgan fingerprint density at radius 1 is 0.833 bits per heavy atom. The third-order valence-corrected chi connectivity index (χ3v) is 10.9. The molecule has 0 unspecified atom stereocenters. The fourth-order valence-electron chi connectivity index (χ4n) is 1.17. The Morgan fingerprint density at radius 2 is 1.06 bits per heavy atom. The van der Waals surface area contributed by atoms with Crippen LogP contribution in [0.2, 0.25) is 0 Å². The van der Waals surface area contributed by atoms with Gasteiger partial charge in [0.1, 0.15) is 0 Å². The molecule has 2 N–H and O–H groups in total. The molecule has 0 saturated heterocycles. The lowest BCUT2D eigenvalue weighted by molar-refractivity contribution is 0.188. The molecular weight excluding hydrogens is 335 g/mol. The molecule has 0 amide bonds. The summed E-state index contributed by atoms with van der Waals surface area (Å²) in [5.74, 6) is 0. The molecule has 0 aliphatic rings. The van der Waals surface area contributed by atoms with E-state index in [0.717, 1.165) is 0 Å². The summed E-state index contributed by atoms with van der Waals surface area (Å²) in [4.78, 5) is 17.1. The molecule has 0 saturated carbocycles. The highest BCUT2D eigenvalue weighted by atomic mass is 32.3. The second kappa shape index (κ2) is 4.51. The maximum absolute atomic E-state index is 11.4. The van der Waals surface area contributed by atoms with Gasteiger partial charge in [-0.1, -0.05) is 0 Å². The summed E-state index contributed by atoms with van der Waals surface area (Å²) < 4.78 is 78.6. The molecule has 0 aromatic rings. The molecule has 14 heteroatoms. The van der Waals surface area contributed by atoms with Crippen molar-refractivity contribution in [1.82, 2.24) is 0 Å². The highest BCUT2D eigenvalue weighted by molar-refractivity contribution is 8.25. The van der Waals surface area contributed by atoms with Crippen molar-refractivity contribution in [3.05, 3.63) is 0 Å². The van der Waals surface area contributed by atoms with E-state index >= 15 is 0 Å². The van der Waals surface area contributed by atoms with Crippen LogP contribution in [0.3, 0.4) is 0 Å². The number of phosphoric ester groups is 1. The molecule has 0 aromatic heterocycles. The molecule has 0 fully saturated rings. The minimum absolute atomic E-state index is 0.171. The van der Waals surface area contributed by atoms with E-state index in [1.54, 1.807) is 0 Å². The molecule has 0 spiro atoms. The maximum Gasteiger partial charge on any atom is 0.472 e. The number of hydrogen-bond donors (Lipinski definition) is 2. The molecule has 0 bridgehead atoms. The van der Waals surface area contributed by atoms with Gasteiger partial charge < -0.3 is 9.79 Å². The van der Waals surface area contributed by atoms with Gasteiger partial charge in [-0.25, -0.2) is 34.3 Å². The lowest BCUT2D eigenvalue weighted by Gasteiger charge is -2.27. The molecule has 0 radical (unpaired) electrons. The third kappa shape index (κ3) is 3.29. The minimum atomic E-state index is -5.71. The lowest BCUT2D eigenvalue weighted by Crippen LogP contribution is -2.53. The Morgan fingerprint density at radius 3 is 1.11 bits per heavy atom. The SMILES string of the molecule is CS(=O)(=O)C(OP(=O)(O)O)(S(C)(=O)=O)S(C)(=O)=O. The van der Waals surface area contributed by atoms with Crippen molar-refractivity contribution in [3.63, 3.8) is 0 Å². The molecule has 0 aromatic carbocycles. The molecule has 0 heterocycles. The van der Waals surface area contributed by atoms with Crippen LogP contribution in [0, 0.1) is 0 Å². The van der Waals surface area contributed by atoms with Crippen LogP contribution in [-0.2, 0) is 38.6 Å². The van der Waals surface area contributed by atoms with Crippen molar-refractivity contribution in [2.75, 3.05) is 18.8 Å². The van der Waals surface area contributed by atoms with Gasteiger partial charge in [0, 0.05) is 18.8 Å². The van der Waals surface area contributed by atoms with Gasteiger partial charge in [-0.15, -0.1) is 0 Å². The van der Waals surface area contributed by atoms with Crippen LogP contribution in [0.15, 0.2) is 0 Å². The van der Waals surface area contributed by atoms with E-state index in [9.17, 15) is 29.8 Å². The lowest BCUT2D eigenvalue weighted by atomic mass is 11.6. The van der Waals surface area contributed by atoms with E-state index in [0.29, 0.717) is 0 Å². The first kappa shape index (κ1) is 18.0. The Labute approximate surface area is 104 Å². The maximum atomic E-state index is 11.4. The molecule has 0 aliphatic heterocycles. The van der Waals surface area contributed by atoms with E-state index in [1.165, 1.54) is 0 Å². The summed E-state index contributed by atoms with van der Waals surface area (Å²) >= 11 is 0. The summed E-state index contributed by atoms with van der Waals surface area (Å²) in [6.45, 7) is 0. The largest absolute Gasteiger partial charge is 0.472 e. The normalized spacial score (nSPS) is 15.6. The topological polar surface area (TPSA) is 169 Å². The summed E-state index contributed by atoms with van der Waals surface area (Å²) in [5, 5.41) is 0. The van der Waals surface area contributed by atoms with Crippen molar-refractivity contribution >= 4 is 37.3 Å². The van der Waals surface area contributed by atoms with Gasteiger partial charge in [-0.05, 0) is 0 Å². The summed E-state index contributed by atoms with van der Waals surface area (Å²) in [5.41, 5.74) is 0. The Kier molecular flexibility index (Phi) is 4.50. The van der Waals surface area contributed by atoms with Crippen molar-refractivity contribution in [3.8, 4) is 0 Å². The predicted octanol–water partition coefficient (Wildman–Crippen LogP) is -2.16. The predicted molar refractivity (Wildman–Crippen MR) is 60.4 cm³/mol. The first-order chi connectivity index (χ1) is 7.46. The van der Waals surface area contributed by atoms with Crippen LogP contribution in [-0.4, -0.2) is 57.4 Å². The van der Waals surface area contributed by atoms with Crippen molar-refractivity contribution in [2.24, 2.45) is 0 Å². The fraction of sp³-hybridized carbons (Fsp3) is 1.00. The van der Waals surface area contributed by atoms with Gasteiger partial charge >= 0.3 is 11.4 Å². The number of rotatable bonds is 5. The van der Waals surface area contributed by atoms with Crippen LogP contribution in [0.5, 0.6) is 0 Å². The zero-order valence-corrected chi connectivity index (χ0v) is 12.7. The zero-order chi connectivity index (χ0) is 15.2. The molecular formula is C4H11O10PS3. The minimum Gasteiger partial charge on any atom is -0.303 e. The Hall–Kier alpha value is -0.0400. The molecule has 0 atom stereocenters. The van der Waals surface area contributed by atoms with E-state index < -0.39 is 40.9 Å².